The van der Waals surface area contributed by atoms with Crippen molar-refractivity contribution in [3.8, 4) is 0 Å². The van der Waals surface area contributed by atoms with Crippen molar-refractivity contribution in [2.24, 2.45) is 4.99 Å². The molecule has 0 N–H and O–H groups in total. The monoisotopic (exact) mass is 282 g/mol. The van der Waals surface area contributed by atoms with Gasteiger partial charge in [-0.1, -0.05) is 48.1 Å². The molecular formula is C20H19N. The number of hydrogen-bond donors (Lipinski definition) is 0. The van der Waals surface area contributed by atoms with E-state index in [9.17, 15) is 0 Å². The zero-order valence-electron chi connectivity index (χ0n) is 20.2. The highest BCUT2D eigenvalue weighted by Gasteiger charge is 2.34. The van der Waals surface area contributed by atoms with E-state index >= 15 is 0 Å². The summed E-state index contributed by atoms with van der Waals surface area (Å²) in [6, 6.07) is 4.10. The van der Waals surface area contributed by atoms with Crippen LogP contribution >= 0.6 is 0 Å². The van der Waals surface area contributed by atoms with Crippen molar-refractivity contribution in [1.29, 1.82) is 0 Å². The van der Waals surface area contributed by atoms with Crippen LogP contribution in [-0.2, 0) is 0 Å². The fraction of sp³-hybridized carbons (Fsp3) is 0.250. The molecule has 0 radical (unpaired) electrons. The predicted octanol–water partition coefficient (Wildman–Crippen LogP) is 4.98. The summed E-state index contributed by atoms with van der Waals surface area (Å²) in [6.07, 6.45) is 8.36. The van der Waals surface area contributed by atoms with E-state index < -0.39 is 26.6 Å². The summed E-state index contributed by atoms with van der Waals surface area (Å²) in [5, 5.41) is 0. The van der Waals surface area contributed by atoms with Gasteiger partial charge in [-0.15, -0.1) is 0 Å². The van der Waals surface area contributed by atoms with Gasteiger partial charge in [-0.3, -0.25) is 4.99 Å². The Morgan fingerprint density at radius 3 is 2.95 bits per heavy atom. The maximum atomic E-state index is 8.08. The first-order chi connectivity index (χ1) is 13.8. The summed E-state index contributed by atoms with van der Waals surface area (Å²) in [4.78, 5) is 4.44. The number of nitrogens with zero attached hydrogens (tertiary/aromatic N) is 1. The Kier molecular flexibility index (Phi) is 1.33. The normalized spacial score (nSPS) is 34.0. The average Bonchev–Trinajstić information content (AvgIpc) is 2.64. The minimum absolute atomic E-state index is 0.187. The topological polar surface area (TPSA) is 12.4 Å². The molecule has 0 aromatic heterocycles. The van der Waals surface area contributed by atoms with Crippen LogP contribution in [0.4, 0.5) is 0 Å². The van der Waals surface area contributed by atoms with Crippen molar-refractivity contribution in [1.82, 2.24) is 0 Å². The Labute approximate surface area is 138 Å². The molecule has 1 aromatic rings. The lowest BCUT2D eigenvalue weighted by molar-refractivity contribution is 0.761. The van der Waals surface area contributed by atoms with E-state index in [2.05, 4.69) is 4.99 Å². The molecule has 0 spiro atoms. The highest BCUT2D eigenvalue weighted by atomic mass is 14.8. The van der Waals surface area contributed by atoms with Crippen LogP contribution in [-0.4, -0.2) is 6.21 Å². The molecule has 0 saturated carbocycles. The molecule has 0 bridgehead atoms. The molecule has 2 atom stereocenters. The molecule has 1 heterocycles. The number of dihydropyridines is 1. The van der Waals surface area contributed by atoms with Crippen molar-refractivity contribution in [2.45, 2.75) is 32.5 Å². The molecule has 3 aliphatic rings. The lowest BCUT2D eigenvalue weighted by Crippen LogP contribution is -2.21. The first-order valence-corrected chi connectivity index (χ1v) is 6.82. The Morgan fingerprint density at radius 1 is 1.10 bits per heavy atom. The molecule has 0 saturated heterocycles. The Hall–Kier alpha value is -2.15. The maximum absolute atomic E-state index is 8.08. The third-order valence-corrected chi connectivity index (χ3v) is 4.22. The quantitative estimate of drug-likeness (QED) is 0.636. The van der Waals surface area contributed by atoms with Gasteiger partial charge < -0.3 is 0 Å². The number of aryl methyl sites for hydroxylation is 1. The summed E-state index contributed by atoms with van der Waals surface area (Å²) in [7, 11) is 0. The van der Waals surface area contributed by atoms with Crippen LogP contribution < -0.4 is 0 Å². The lowest BCUT2D eigenvalue weighted by Gasteiger charge is -2.36. The van der Waals surface area contributed by atoms with Gasteiger partial charge in [0.1, 0.15) is 6.04 Å². The minimum atomic E-state index is -2.65. The number of rotatable bonds is 0. The van der Waals surface area contributed by atoms with E-state index in [1.807, 2.05) is 12.2 Å². The van der Waals surface area contributed by atoms with Crippen LogP contribution in [0.25, 0.3) is 0 Å². The molecule has 4 rings (SSSR count). The number of benzene rings is 1. The van der Waals surface area contributed by atoms with Gasteiger partial charge >= 0.3 is 0 Å². The largest absolute Gasteiger partial charge is 0.280 e. The zero-order chi connectivity index (χ0) is 22.1. The van der Waals surface area contributed by atoms with Gasteiger partial charge in [0.2, 0.25) is 0 Å². The number of fused-ring (bicyclic) bond motifs is 5. The van der Waals surface area contributed by atoms with Gasteiger partial charge in [0.05, 0.1) is 0 Å². The summed E-state index contributed by atoms with van der Waals surface area (Å²) in [5.41, 5.74) is 2.19. The summed E-state index contributed by atoms with van der Waals surface area (Å²) in [6.45, 7) is -7.55. The van der Waals surface area contributed by atoms with Crippen LogP contribution in [0.15, 0.2) is 69.8 Å². The second-order valence-corrected chi connectivity index (χ2v) is 5.40. The van der Waals surface area contributed by atoms with E-state index in [-0.39, 0.29) is 22.6 Å². The minimum Gasteiger partial charge on any atom is -0.280 e. The molecule has 1 nitrogen and oxygen atoms in total. The maximum Gasteiger partial charge on any atom is 0.101 e. The number of hydrogen-bond acceptors (Lipinski definition) is 1. The fourth-order valence-electron chi connectivity index (χ4n) is 3.27. The standard InChI is InChI=1S/C20H19N/c1-12-8-9-17-18(10-12)15-6-4-5-7-16(15)19-14(3)13(2)11-21-20(17)19/h4-11,15,20H,1-3H3/i1D3,2D3,3D3. The molecule has 2 aliphatic carbocycles. The Bertz CT molecular complexity index is 1060. The van der Waals surface area contributed by atoms with Crippen LogP contribution in [0.3, 0.4) is 0 Å². The third kappa shape index (κ3) is 1.73. The molecule has 104 valence electrons. The lowest BCUT2D eigenvalue weighted by atomic mass is 9.71. The van der Waals surface area contributed by atoms with E-state index in [1.165, 1.54) is 6.07 Å². The van der Waals surface area contributed by atoms with E-state index in [4.69, 9.17) is 12.3 Å². The smallest absolute Gasteiger partial charge is 0.101 e. The molecule has 21 heavy (non-hydrogen) atoms. The van der Waals surface area contributed by atoms with Crippen LogP contribution in [0.2, 0.25) is 0 Å². The van der Waals surface area contributed by atoms with Crippen LogP contribution in [0, 0.1) is 6.85 Å². The fourth-order valence-corrected chi connectivity index (χ4v) is 3.27. The van der Waals surface area contributed by atoms with Crippen LogP contribution in [0.1, 0.15) is 54.7 Å². The molecule has 1 aromatic carbocycles. The van der Waals surface area contributed by atoms with Crippen molar-refractivity contribution in [2.75, 3.05) is 0 Å². The summed E-state index contributed by atoms with van der Waals surface area (Å²) in [5.74, 6) is -0.373. The van der Waals surface area contributed by atoms with Gasteiger partial charge in [0, 0.05) is 24.5 Å². The second-order valence-electron chi connectivity index (χ2n) is 5.40. The number of allylic oxidation sites excluding steroid dienone is 6. The third-order valence-electron chi connectivity index (χ3n) is 4.22. The van der Waals surface area contributed by atoms with E-state index in [0.717, 1.165) is 11.8 Å². The van der Waals surface area contributed by atoms with Gasteiger partial charge in [-0.05, 0) is 54.0 Å². The molecule has 1 heteroatoms. The zero-order valence-corrected chi connectivity index (χ0v) is 11.2. The van der Waals surface area contributed by atoms with Crippen molar-refractivity contribution < 1.29 is 12.3 Å². The van der Waals surface area contributed by atoms with Crippen LogP contribution in [0.5, 0.6) is 0 Å². The van der Waals surface area contributed by atoms with Gasteiger partial charge in [0.25, 0.3) is 0 Å². The Morgan fingerprint density at radius 2 is 2.10 bits per heavy atom. The van der Waals surface area contributed by atoms with Gasteiger partial charge in [-0.25, -0.2) is 0 Å². The number of aliphatic imine (C=N–C) groups is 1. The van der Waals surface area contributed by atoms with Crippen molar-refractivity contribution >= 4 is 6.21 Å². The summed E-state index contributed by atoms with van der Waals surface area (Å²) < 4.78 is 70.9. The predicted molar refractivity (Wildman–Crippen MR) is 88.8 cm³/mol. The average molecular weight is 282 g/mol. The molecule has 0 fully saturated rings. The SMILES string of the molecule is [2H]C([2H])([2H])C1=C(C([2H])([2H])[2H])C2=C3C=CC=CC3c3cc(C([2H])([2H])[2H])ccc3C2N=C1. The molecular weight excluding hydrogens is 254 g/mol. The molecule has 1 aliphatic heterocycles. The first kappa shape index (κ1) is 6.31. The highest BCUT2D eigenvalue weighted by Crippen LogP contribution is 2.49. The van der Waals surface area contributed by atoms with Crippen molar-refractivity contribution in [3.05, 3.63) is 81.5 Å². The Balaban J connectivity index is 2.03. The van der Waals surface area contributed by atoms with Crippen molar-refractivity contribution in [3.63, 3.8) is 0 Å². The van der Waals surface area contributed by atoms with Gasteiger partial charge in [0.15, 0.2) is 0 Å². The highest BCUT2D eigenvalue weighted by molar-refractivity contribution is 5.84. The molecule has 2 unspecified atom stereocenters. The molecule has 0 amide bonds. The van der Waals surface area contributed by atoms with E-state index in [1.54, 1.807) is 24.3 Å². The van der Waals surface area contributed by atoms with Gasteiger partial charge in [-0.2, -0.15) is 0 Å². The second kappa shape index (κ2) is 4.42. The first-order valence-electron chi connectivity index (χ1n) is 11.3. The summed E-state index contributed by atoms with van der Waals surface area (Å²) >= 11 is 0. The van der Waals surface area contributed by atoms with E-state index in [0.29, 0.717) is 16.7 Å².